The van der Waals surface area contributed by atoms with E-state index in [1.54, 1.807) is 31.4 Å². The molecule has 1 heterocycles. The second kappa shape index (κ2) is 14.1. The molecule has 218 valence electrons. The second-order valence-corrected chi connectivity index (χ2v) is 10.2. The number of aliphatic hydroxyl groups excluding tert-OH is 1. The molecule has 0 spiro atoms. The number of benzene rings is 2. The molecule has 2 aromatic carbocycles. The maximum atomic E-state index is 12.9. The highest BCUT2D eigenvalue weighted by Crippen LogP contribution is 2.46. The number of unbranched alkanes of at least 4 members (excludes halogenated alkanes) is 3. The molecule has 1 fully saturated rings. The number of hydroxylamine groups is 2. The Labute approximate surface area is 238 Å². The molecule has 1 atom stereocenters. The molecule has 1 aliphatic carbocycles. The van der Waals surface area contributed by atoms with E-state index in [9.17, 15) is 24.0 Å². The van der Waals surface area contributed by atoms with E-state index in [1.165, 1.54) is 0 Å². The molecule has 0 aromatic heterocycles. The average molecular weight is 566 g/mol. The van der Waals surface area contributed by atoms with Gasteiger partial charge >= 0.3 is 6.16 Å². The lowest BCUT2D eigenvalue weighted by Crippen LogP contribution is -2.32. The standard InChI is InChI=1S/C31H35NO9/c1-39-16-6-4-8-28(35)21-10-12-23-22-11-9-20(27(34)7-3-2-5-15-33)17-24(22)26(25(23)18-21)19-40-31(38)41-32-29(36)13-14-30(32)37/h9-12,17-18,26,33H,2-8,13-16,19H2,1H3. The van der Waals surface area contributed by atoms with Crippen molar-refractivity contribution >= 4 is 29.5 Å². The number of rotatable bonds is 15. The lowest BCUT2D eigenvalue weighted by Gasteiger charge is -2.17. The van der Waals surface area contributed by atoms with Gasteiger partial charge in [0.1, 0.15) is 6.61 Å². The van der Waals surface area contributed by atoms with Gasteiger partial charge < -0.3 is 14.6 Å². The number of ether oxygens (including phenoxy) is 2. The molecule has 2 aliphatic rings. The maximum absolute atomic E-state index is 12.9. The topological polar surface area (TPSA) is 137 Å². The first-order chi connectivity index (χ1) is 19.8. The molecule has 4 rings (SSSR count). The quantitative estimate of drug-likeness (QED) is 0.140. The van der Waals surface area contributed by atoms with E-state index in [-0.39, 0.29) is 37.6 Å². The normalized spacial score (nSPS) is 15.6. The molecule has 10 heteroatoms. The molecule has 1 aliphatic heterocycles. The highest BCUT2D eigenvalue weighted by Gasteiger charge is 2.35. The average Bonchev–Trinajstić information content (AvgIpc) is 3.46. The summed E-state index contributed by atoms with van der Waals surface area (Å²) in [5, 5.41) is 9.41. The molecule has 10 nitrogen and oxygen atoms in total. The maximum Gasteiger partial charge on any atom is 0.533 e. The predicted octanol–water partition coefficient (Wildman–Crippen LogP) is 4.75. The Hall–Kier alpha value is -3.89. The number of carbonyl (C=O) groups is 5. The van der Waals surface area contributed by atoms with E-state index in [2.05, 4.69) is 0 Å². The van der Waals surface area contributed by atoms with Crippen LogP contribution in [0, 0.1) is 0 Å². The molecular formula is C31H35NO9. The predicted molar refractivity (Wildman–Crippen MR) is 147 cm³/mol. The number of amides is 2. The van der Waals surface area contributed by atoms with Crippen molar-refractivity contribution in [3.63, 3.8) is 0 Å². The summed E-state index contributed by atoms with van der Waals surface area (Å²) in [5.74, 6) is -1.76. The Kier molecular flexibility index (Phi) is 10.4. The van der Waals surface area contributed by atoms with E-state index in [0.29, 0.717) is 54.9 Å². The largest absolute Gasteiger partial charge is 0.533 e. The van der Waals surface area contributed by atoms with E-state index >= 15 is 0 Å². The molecule has 2 amide bonds. The third-order valence-electron chi connectivity index (χ3n) is 7.39. The summed E-state index contributed by atoms with van der Waals surface area (Å²) in [5.41, 5.74) is 4.33. The number of nitrogens with zero attached hydrogens (tertiary/aromatic N) is 1. The number of hydrogen-bond acceptors (Lipinski definition) is 9. The van der Waals surface area contributed by atoms with Crippen LogP contribution in [0.3, 0.4) is 0 Å². The van der Waals surface area contributed by atoms with Crippen LogP contribution in [0.5, 0.6) is 0 Å². The third kappa shape index (κ3) is 7.25. The molecular weight excluding hydrogens is 530 g/mol. The number of ketones is 2. The Morgan fingerprint density at radius 2 is 1.39 bits per heavy atom. The summed E-state index contributed by atoms with van der Waals surface area (Å²) in [6.45, 7) is 0.487. The van der Waals surface area contributed by atoms with Gasteiger partial charge in [0.05, 0.1) is 0 Å². The fourth-order valence-corrected chi connectivity index (χ4v) is 5.19. The Morgan fingerprint density at radius 3 is 1.93 bits per heavy atom. The van der Waals surface area contributed by atoms with Crippen LogP contribution >= 0.6 is 0 Å². The van der Waals surface area contributed by atoms with Crippen molar-refractivity contribution in [1.29, 1.82) is 0 Å². The number of imide groups is 1. The van der Waals surface area contributed by atoms with Crippen LogP contribution in [0.15, 0.2) is 36.4 Å². The van der Waals surface area contributed by atoms with Gasteiger partial charge in [0, 0.05) is 63.1 Å². The van der Waals surface area contributed by atoms with Gasteiger partial charge in [-0.25, -0.2) is 4.79 Å². The van der Waals surface area contributed by atoms with Crippen molar-refractivity contribution in [2.45, 2.75) is 63.7 Å². The summed E-state index contributed by atoms with van der Waals surface area (Å²) in [7, 11) is 1.62. The van der Waals surface area contributed by atoms with Crippen LogP contribution in [0.1, 0.15) is 95.5 Å². The zero-order valence-corrected chi connectivity index (χ0v) is 23.2. The number of fused-ring (bicyclic) bond motifs is 3. The van der Waals surface area contributed by atoms with E-state index in [1.807, 2.05) is 12.1 Å². The van der Waals surface area contributed by atoms with Crippen molar-refractivity contribution in [2.75, 3.05) is 26.9 Å². The highest BCUT2D eigenvalue weighted by molar-refractivity contribution is 6.01. The van der Waals surface area contributed by atoms with Gasteiger partial charge in [0.2, 0.25) is 0 Å². The summed E-state index contributed by atoms with van der Waals surface area (Å²) >= 11 is 0. The molecule has 1 saturated heterocycles. The van der Waals surface area contributed by atoms with Crippen molar-refractivity contribution in [3.8, 4) is 11.1 Å². The fraction of sp³-hybridized carbons (Fsp3) is 0.452. The molecule has 41 heavy (non-hydrogen) atoms. The molecule has 0 bridgehead atoms. The number of aliphatic hydroxyl groups is 1. The van der Waals surface area contributed by atoms with Gasteiger partial charge in [-0.05, 0) is 60.1 Å². The van der Waals surface area contributed by atoms with Crippen LogP contribution in [0.2, 0.25) is 0 Å². The van der Waals surface area contributed by atoms with Crippen LogP contribution < -0.4 is 0 Å². The fourth-order valence-electron chi connectivity index (χ4n) is 5.19. The molecule has 0 radical (unpaired) electrons. The first-order valence-electron chi connectivity index (χ1n) is 14.0. The lowest BCUT2D eigenvalue weighted by atomic mass is 9.93. The summed E-state index contributed by atoms with van der Waals surface area (Å²) in [4.78, 5) is 66.8. The molecule has 0 saturated carbocycles. The zero-order valence-electron chi connectivity index (χ0n) is 23.2. The van der Waals surface area contributed by atoms with E-state index < -0.39 is 23.9 Å². The Morgan fingerprint density at radius 1 is 0.829 bits per heavy atom. The van der Waals surface area contributed by atoms with Gasteiger partial charge in [-0.2, -0.15) is 0 Å². The molecule has 1 N–H and O–H groups in total. The van der Waals surface area contributed by atoms with Gasteiger partial charge in [-0.3, -0.25) is 24.0 Å². The minimum atomic E-state index is -1.19. The van der Waals surface area contributed by atoms with Gasteiger partial charge in [-0.1, -0.05) is 35.7 Å². The smallest absolute Gasteiger partial charge is 0.432 e. The van der Waals surface area contributed by atoms with Crippen LogP contribution in [-0.2, 0) is 23.9 Å². The first kappa shape index (κ1) is 30.1. The van der Waals surface area contributed by atoms with Crippen LogP contribution in [0.4, 0.5) is 4.79 Å². The van der Waals surface area contributed by atoms with Crippen molar-refractivity contribution in [1.82, 2.24) is 5.06 Å². The van der Waals surface area contributed by atoms with Gasteiger partial charge in [0.25, 0.3) is 11.8 Å². The molecule has 2 aromatic rings. The Balaban J connectivity index is 1.56. The number of Topliss-reactive ketones (excluding diaryl/α,β-unsaturated/α-hetero) is 2. The number of hydrogen-bond donors (Lipinski definition) is 1. The van der Waals surface area contributed by atoms with E-state index in [0.717, 1.165) is 35.1 Å². The van der Waals surface area contributed by atoms with Crippen LogP contribution in [0.25, 0.3) is 11.1 Å². The molecule has 1 unspecified atom stereocenters. The summed E-state index contributed by atoms with van der Waals surface area (Å²) in [6, 6.07) is 10.9. The SMILES string of the molecule is COCCCCC(=O)c1ccc2c(c1)C(COC(=O)ON1C(=O)CCC1=O)c1cc(C(=O)CCCCCO)ccc1-2. The monoisotopic (exact) mass is 565 g/mol. The van der Waals surface area contributed by atoms with Crippen molar-refractivity contribution in [3.05, 3.63) is 58.7 Å². The first-order valence-corrected chi connectivity index (χ1v) is 14.0. The summed E-state index contributed by atoms with van der Waals surface area (Å²) in [6.07, 6.45) is 2.99. The Bertz CT molecular complexity index is 1230. The van der Waals surface area contributed by atoms with Crippen LogP contribution in [-0.4, -0.2) is 66.6 Å². The van der Waals surface area contributed by atoms with Crippen molar-refractivity contribution in [2.24, 2.45) is 0 Å². The van der Waals surface area contributed by atoms with Crippen molar-refractivity contribution < 1.29 is 43.4 Å². The second-order valence-electron chi connectivity index (χ2n) is 10.2. The highest BCUT2D eigenvalue weighted by atomic mass is 16.8. The van der Waals surface area contributed by atoms with E-state index in [4.69, 9.17) is 19.4 Å². The number of methoxy groups -OCH3 is 1. The van der Waals surface area contributed by atoms with Gasteiger partial charge in [0.15, 0.2) is 11.6 Å². The summed E-state index contributed by atoms with van der Waals surface area (Å²) < 4.78 is 10.4. The minimum absolute atomic E-state index is 0.0104. The lowest BCUT2D eigenvalue weighted by molar-refractivity contribution is -0.177. The third-order valence-corrected chi connectivity index (χ3v) is 7.39. The minimum Gasteiger partial charge on any atom is -0.432 e. The van der Waals surface area contributed by atoms with Gasteiger partial charge in [-0.15, -0.1) is 0 Å². The zero-order chi connectivity index (χ0) is 29.4. The number of carbonyl (C=O) groups excluding carboxylic acids is 5.